The van der Waals surface area contributed by atoms with E-state index in [-0.39, 0.29) is 42.1 Å². The molecule has 1 aromatic carbocycles. The Morgan fingerprint density at radius 1 is 0.966 bits per heavy atom. The number of aliphatic hydroxyl groups excluding tert-OH is 3. The number of fused-ring (bicyclic) bond motifs is 3. The molecule has 16 heteroatoms. The summed E-state index contributed by atoms with van der Waals surface area (Å²) in [4.78, 5) is 80.7. The van der Waals surface area contributed by atoms with Gasteiger partial charge in [-0.15, -0.1) is 0 Å². The van der Waals surface area contributed by atoms with Crippen molar-refractivity contribution in [2.75, 3.05) is 13.2 Å². The number of carbonyl (C=O) groups is 6. The predicted octanol–water partition coefficient (Wildman–Crippen LogP) is 3.36. The lowest BCUT2D eigenvalue weighted by Gasteiger charge is -2.64. The number of ketones is 1. The first-order valence-electron chi connectivity index (χ1n) is 19.5. The van der Waals surface area contributed by atoms with E-state index in [0.29, 0.717) is 0 Å². The van der Waals surface area contributed by atoms with Crippen LogP contribution in [-0.2, 0) is 47.6 Å². The molecule has 16 nitrogen and oxygen atoms in total. The zero-order valence-electron chi connectivity index (χ0n) is 35.2. The van der Waals surface area contributed by atoms with E-state index >= 15 is 4.79 Å². The summed E-state index contributed by atoms with van der Waals surface area (Å²) in [5.41, 5.74) is -6.04. The summed E-state index contributed by atoms with van der Waals surface area (Å²) in [6.45, 7) is 15.9. The molecular weight excluding hydrogens is 758 g/mol. The lowest BCUT2D eigenvalue weighted by Crippen LogP contribution is -2.79. The number of esters is 4. The lowest BCUT2D eigenvalue weighted by molar-refractivity contribution is -0.336. The molecule has 1 saturated heterocycles. The van der Waals surface area contributed by atoms with Crippen LogP contribution in [0.5, 0.6) is 0 Å². The number of ether oxygens (including phenoxy) is 6. The number of aliphatic hydroxyl groups is 3. The van der Waals surface area contributed by atoms with Crippen molar-refractivity contribution in [1.82, 2.24) is 5.32 Å². The van der Waals surface area contributed by atoms with Crippen LogP contribution in [0.4, 0.5) is 4.79 Å². The number of nitrogens with one attached hydrogen (secondary N) is 1. The third-order valence-electron chi connectivity index (χ3n) is 11.3. The van der Waals surface area contributed by atoms with Gasteiger partial charge in [0.1, 0.15) is 30.5 Å². The highest BCUT2D eigenvalue weighted by Gasteiger charge is 2.75. The first kappa shape index (κ1) is 46.3. The van der Waals surface area contributed by atoms with Crippen LogP contribution in [0.2, 0.25) is 0 Å². The van der Waals surface area contributed by atoms with Crippen molar-refractivity contribution in [1.29, 1.82) is 0 Å². The number of rotatable bonds is 11. The van der Waals surface area contributed by atoms with Crippen LogP contribution in [0.3, 0.4) is 0 Å². The Kier molecular flexibility index (Phi) is 13.9. The molecule has 2 aliphatic carbocycles. The number of hydrogen-bond acceptors (Lipinski definition) is 15. The highest BCUT2D eigenvalue weighted by molar-refractivity contribution is 5.95. The Bertz CT molecular complexity index is 1770. The van der Waals surface area contributed by atoms with Gasteiger partial charge in [-0.05, 0) is 70.2 Å². The smallest absolute Gasteiger partial charge is 0.407 e. The molecule has 4 rings (SSSR count). The minimum atomic E-state index is -2.04. The normalized spacial score (nSPS) is 31.1. The number of benzene rings is 1. The van der Waals surface area contributed by atoms with Gasteiger partial charge in [0.2, 0.25) is 0 Å². The van der Waals surface area contributed by atoms with Gasteiger partial charge in [-0.3, -0.25) is 14.4 Å². The number of alkyl carbamates (subject to hydrolysis) is 1. The SMILES string of the molecule is CC(=O)O[C@H]1C(=O)[C@@]2(C)[C@H]([C@H](OC(=O)c3ccccc3)[C@H](O)C(C)(C)/C1=C(/C)COC(=O)[C@H](O)[C@H](CC(C)C)NC(=O)OC(C)(C)C)[C@]1(OC(C)=O)CO[C@@H]1C[C@@H]2O. The first-order chi connectivity index (χ1) is 26.8. The van der Waals surface area contributed by atoms with Crippen LogP contribution in [0.1, 0.15) is 99.4 Å². The van der Waals surface area contributed by atoms with Crippen LogP contribution >= 0.6 is 0 Å². The molecular formula is C42H59NO15. The highest BCUT2D eigenvalue weighted by Crippen LogP contribution is 2.60. The highest BCUT2D eigenvalue weighted by atomic mass is 16.6. The van der Waals surface area contributed by atoms with Gasteiger partial charge in [-0.1, -0.05) is 45.9 Å². The summed E-state index contributed by atoms with van der Waals surface area (Å²) in [5, 5.41) is 38.2. The molecule has 1 aliphatic heterocycles. The molecule has 0 radical (unpaired) electrons. The van der Waals surface area contributed by atoms with Gasteiger partial charge in [-0.25, -0.2) is 14.4 Å². The first-order valence-corrected chi connectivity index (χ1v) is 19.5. The molecule has 0 spiro atoms. The van der Waals surface area contributed by atoms with E-state index in [1.807, 2.05) is 13.8 Å². The molecule has 1 aromatic rings. The van der Waals surface area contributed by atoms with E-state index in [9.17, 15) is 39.3 Å². The van der Waals surface area contributed by atoms with Crippen molar-refractivity contribution in [3.63, 3.8) is 0 Å². The fraction of sp³-hybridized carbons (Fsp3) is 0.667. The summed E-state index contributed by atoms with van der Waals surface area (Å²) in [6.07, 6.45) is -10.5. The van der Waals surface area contributed by atoms with Gasteiger partial charge in [0.25, 0.3) is 0 Å². The average molecular weight is 818 g/mol. The number of amides is 1. The second-order valence-corrected chi connectivity index (χ2v) is 17.7. The molecule has 0 unspecified atom stereocenters. The zero-order chi connectivity index (χ0) is 43.7. The van der Waals surface area contributed by atoms with Gasteiger partial charge in [0, 0.05) is 25.7 Å². The van der Waals surface area contributed by atoms with Crippen molar-refractivity contribution in [3.8, 4) is 0 Å². The quantitative estimate of drug-likeness (QED) is 0.143. The van der Waals surface area contributed by atoms with Gasteiger partial charge in [0.05, 0.1) is 35.6 Å². The average Bonchev–Trinajstić information content (AvgIpc) is 3.10. The molecule has 1 heterocycles. The van der Waals surface area contributed by atoms with E-state index in [0.717, 1.165) is 13.8 Å². The molecule has 3 fully saturated rings. The van der Waals surface area contributed by atoms with Crippen LogP contribution < -0.4 is 5.32 Å². The summed E-state index contributed by atoms with van der Waals surface area (Å²) in [5.74, 6) is -6.06. The summed E-state index contributed by atoms with van der Waals surface area (Å²) in [7, 11) is 0. The Morgan fingerprint density at radius 2 is 1.59 bits per heavy atom. The van der Waals surface area contributed by atoms with E-state index in [2.05, 4.69) is 5.32 Å². The molecule has 0 bridgehead atoms. The Balaban J connectivity index is 1.85. The van der Waals surface area contributed by atoms with Crippen molar-refractivity contribution < 1.29 is 72.5 Å². The van der Waals surface area contributed by atoms with Gasteiger partial charge in [0.15, 0.2) is 23.6 Å². The van der Waals surface area contributed by atoms with Crippen molar-refractivity contribution in [2.45, 2.75) is 143 Å². The van der Waals surface area contributed by atoms with Crippen molar-refractivity contribution in [2.24, 2.45) is 22.7 Å². The minimum Gasteiger partial charge on any atom is -0.459 e. The van der Waals surface area contributed by atoms with Gasteiger partial charge < -0.3 is 49.1 Å². The molecule has 4 N–H and O–H groups in total. The van der Waals surface area contributed by atoms with Crippen LogP contribution in [-0.4, -0.2) is 118 Å². The second-order valence-electron chi connectivity index (χ2n) is 17.7. The fourth-order valence-corrected chi connectivity index (χ4v) is 8.64. The van der Waals surface area contributed by atoms with Crippen LogP contribution in [0.25, 0.3) is 0 Å². The van der Waals surface area contributed by atoms with E-state index in [4.69, 9.17) is 28.4 Å². The van der Waals surface area contributed by atoms with Gasteiger partial charge >= 0.3 is 30.0 Å². The molecule has 322 valence electrons. The largest absolute Gasteiger partial charge is 0.459 e. The van der Waals surface area contributed by atoms with Crippen molar-refractivity contribution in [3.05, 3.63) is 47.0 Å². The predicted molar refractivity (Wildman–Crippen MR) is 205 cm³/mol. The number of hydrogen-bond donors (Lipinski definition) is 4. The number of carbonyl (C=O) groups excluding carboxylic acids is 6. The maximum absolute atomic E-state index is 15.3. The monoisotopic (exact) mass is 817 g/mol. The summed E-state index contributed by atoms with van der Waals surface area (Å²) >= 11 is 0. The summed E-state index contributed by atoms with van der Waals surface area (Å²) < 4.78 is 34.5. The fourth-order valence-electron chi connectivity index (χ4n) is 8.64. The molecule has 58 heavy (non-hydrogen) atoms. The molecule has 0 aromatic heterocycles. The van der Waals surface area contributed by atoms with Crippen molar-refractivity contribution >= 4 is 35.8 Å². The molecule has 1 amide bonds. The summed E-state index contributed by atoms with van der Waals surface area (Å²) in [6, 6.07) is 6.76. The minimum absolute atomic E-state index is 0.0331. The van der Waals surface area contributed by atoms with Gasteiger partial charge in [-0.2, -0.15) is 0 Å². The third-order valence-corrected chi connectivity index (χ3v) is 11.3. The van der Waals surface area contributed by atoms with E-state index in [1.54, 1.807) is 39.0 Å². The van der Waals surface area contributed by atoms with Crippen LogP contribution in [0, 0.1) is 22.7 Å². The maximum atomic E-state index is 15.3. The Morgan fingerprint density at radius 3 is 2.10 bits per heavy atom. The second kappa shape index (κ2) is 17.5. The third kappa shape index (κ3) is 9.40. The molecule has 10 atom stereocenters. The maximum Gasteiger partial charge on any atom is 0.407 e. The van der Waals surface area contributed by atoms with E-state index in [1.165, 1.54) is 39.8 Å². The van der Waals surface area contributed by atoms with E-state index < -0.39 is 113 Å². The molecule has 3 aliphatic rings. The standard InChI is InChI=1S/C42H59NO15/c1-21(2)17-26(43-38(52)58-39(6,7)8)30(47)37(51)53-19-22(3)29-31(55-23(4)44)35(49)41(11)27(46)18-28-42(20-54-28,57-24(5)45)33(41)32(34(48)40(29,9)10)56-36(50)25-15-13-12-14-16-25/h12-16,21,26-28,30-34,46-48H,17-20H2,1-11H3,(H,43,52)/b29-22-/t26-,27-,28+,30+,31+,32-,33-,34-,41+,42-/m0/s1. The number of Topliss-reactive ketones (excluding diaryl/α,β-unsaturated/α-hetero) is 1. The molecule has 2 saturated carbocycles. The Labute approximate surface area is 338 Å². The lowest BCUT2D eigenvalue weighted by atomic mass is 9.48. The topological polar surface area (TPSA) is 231 Å². The Hall–Kier alpha value is -4.38. The zero-order valence-corrected chi connectivity index (χ0v) is 35.2. The van der Waals surface area contributed by atoms with Crippen LogP contribution in [0.15, 0.2) is 41.5 Å².